The first-order valence-electron chi connectivity index (χ1n) is 16.6. The predicted molar refractivity (Wildman–Crippen MR) is 183 cm³/mol. The number of carbonyl (C=O) groups is 4. The number of benzene rings is 4. The van der Waals surface area contributed by atoms with E-state index in [9.17, 15) is 19.2 Å². The van der Waals surface area contributed by atoms with Crippen molar-refractivity contribution in [2.24, 2.45) is 0 Å². The molecular formula is C40H25ClO12. The molecule has 2 spiro atoms. The Kier molecular flexibility index (Phi) is 6.69. The summed E-state index contributed by atoms with van der Waals surface area (Å²) in [6.45, 7) is 0. The molecule has 0 aromatic heterocycles. The average molecular weight is 733 g/mol. The molecule has 0 radical (unpaired) electrons. The van der Waals surface area contributed by atoms with Crippen LogP contribution in [-0.4, -0.2) is 62.1 Å². The highest BCUT2D eigenvalue weighted by Crippen LogP contribution is 2.71. The summed E-state index contributed by atoms with van der Waals surface area (Å²) in [6.07, 6.45) is 2.03. The number of carbonyl (C=O) groups excluding carboxylic acids is 4. The lowest BCUT2D eigenvalue weighted by Crippen LogP contribution is -2.53. The number of ketones is 2. The smallest absolute Gasteiger partial charge is 0.336 e. The highest BCUT2D eigenvalue weighted by molar-refractivity contribution is 6.33. The molecule has 6 atom stereocenters. The number of epoxide rings is 2. The first-order valence-corrected chi connectivity index (χ1v) is 17.0. The maximum Gasteiger partial charge on any atom is 0.336 e. The fraction of sp³-hybridized carbons (Fsp3) is 0.200. The van der Waals surface area contributed by atoms with E-state index in [2.05, 4.69) is 0 Å². The van der Waals surface area contributed by atoms with Gasteiger partial charge in [0.1, 0.15) is 29.1 Å². The SMILES string of the molecule is COc1ccc(/C=C/C(=O)Oc2ccc3c4c2C(=O)[C@H]2O[C@H]2[C@@]42O[C@@]4(O3)c3c2cc(Cl)c(OC(=O)/C=C/c2ccc(OC)cc2)c3C(=O)[C@H]2O[C@H]24)cc1. The summed E-state index contributed by atoms with van der Waals surface area (Å²) in [5, 5.41) is -0.0541. The van der Waals surface area contributed by atoms with Crippen LogP contribution in [0.1, 0.15) is 48.5 Å². The van der Waals surface area contributed by atoms with Gasteiger partial charge in [-0.2, -0.15) is 0 Å². The summed E-state index contributed by atoms with van der Waals surface area (Å²) in [7, 11) is 3.11. The van der Waals surface area contributed by atoms with E-state index >= 15 is 0 Å². The number of Topliss-reactive ketones (excluding diaryl/α,β-unsaturated/α-hetero) is 2. The third-order valence-corrected chi connectivity index (χ3v) is 10.6. The van der Waals surface area contributed by atoms with E-state index in [-0.39, 0.29) is 44.5 Å². The van der Waals surface area contributed by atoms with Crippen LogP contribution in [0, 0.1) is 0 Å². The van der Waals surface area contributed by atoms with Crippen molar-refractivity contribution >= 4 is 47.3 Å². The van der Waals surface area contributed by atoms with Crippen LogP contribution in [0.2, 0.25) is 5.02 Å². The van der Waals surface area contributed by atoms with Crippen molar-refractivity contribution in [1.82, 2.24) is 0 Å². The molecule has 6 aliphatic rings. The van der Waals surface area contributed by atoms with E-state index in [1.165, 1.54) is 18.2 Å². The maximum atomic E-state index is 14.0. The van der Waals surface area contributed by atoms with Crippen LogP contribution in [0.15, 0.2) is 78.9 Å². The van der Waals surface area contributed by atoms with Gasteiger partial charge in [-0.3, -0.25) is 9.59 Å². The van der Waals surface area contributed by atoms with Gasteiger partial charge in [0.25, 0.3) is 5.79 Å². The van der Waals surface area contributed by atoms with Gasteiger partial charge in [0.2, 0.25) is 0 Å². The second-order valence-electron chi connectivity index (χ2n) is 13.1. The van der Waals surface area contributed by atoms with Crippen molar-refractivity contribution in [1.29, 1.82) is 0 Å². The van der Waals surface area contributed by atoms with Crippen molar-refractivity contribution in [3.63, 3.8) is 0 Å². The number of fused-ring (bicyclic) bond motifs is 2. The zero-order valence-electron chi connectivity index (χ0n) is 27.7. The number of esters is 2. The van der Waals surface area contributed by atoms with Crippen LogP contribution >= 0.6 is 11.6 Å². The molecule has 53 heavy (non-hydrogen) atoms. The van der Waals surface area contributed by atoms with Crippen LogP contribution in [0.4, 0.5) is 0 Å². The average Bonchev–Trinajstić information content (AvgIpc) is 4.10. The Morgan fingerprint density at radius 2 is 1.32 bits per heavy atom. The first-order chi connectivity index (χ1) is 25.7. The number of methoxy groups -OCH3 is 2. The third-order valence-electron chi connectivity index (χ3n) is 10.3. The van der Waals surface area contributed by atoms with Crippen LogP contribution in [0.25, 0.3) is 12.2 Å². The van der Waals surface area contributed by atoms with E-state index in [1.807, 2.05) is 0 Å². The molecule has 0 unspecified atom stereocenters. The van der Waals surface area contributed by atoms with E-state index in [0.29, 0.717) is 22.6 Å². The minimum Gasteiger partial charge on any atom is -0.497 e. The summed E-state index contributed by atoms with van der Waals surface area (Å²) < 4.78 is 47.3. The predicted octanol–water partition coefficient (Wildman–Crippen LogP) is 5.34. The zero-order valence-corrected chi connectivity index (χ0v) is 28.5. The molecule has 12 nitrogen and oxygen atoms in total. The molecule has 0 N–H and O–H groups in total. The lowest BCUT2D eigenvalue weighted by atomic mass is 9.72. The van der Waals surface area contributed by atoms with Gasteiger partial charge < -0.3 is 37.9 Å². The normalized spacial score (nSPS) is 27.3. The summed E-state index contributed by atoms with van der Waals surface area (Å²) >= 11 is 6.87. The molecule has 0 amide bonds. The van der Waals surface area contributed by atoms with Crippen molar-refractivity contribution in [3.05, 3.63) is 123 Å². The molecule has 4 aliphatic heterocycles. The van der Waals surface area contributed by atoms with Gasteiger partial charge in [-0.25, -0.2) is 9.59 Å². The Hall–Kier alpha value is -5.79. The standard InChI is InChI=1S/C40H25ClO12/c1-46-20-9-3-18(4-10-20)7-15-26(42)48-24-13-14-25-31-28(24)32(44)35-37(50-35)39(31)22-17-23(41)34(49-27(43)16-8-19-5-11-21(47-2)12-6-19)29-30(22)40(52-25,53-39)38-36(51-38)33(29)45/h3-17,35-38H,1-2H3/b15-7+,16-8+/t35-,36-,37-,38-,39+,40+/m1/s1. The van der Waals surface area contributed by atoms with Crippen molar-refractivity contribution in [2.75, 3.05) is 14.2 Å². The zero-order chi connectivity index (χ0) is 36.4. The Balaban J connectivity index is 1.05. The molecule has 13 heteroatoms. The number of ether oxygens (including phenoxy) is 8. The topological polar surface area (TPSA) is 149 Å². The van der Waals surface area contributed by atoms with E-state index in [4.69, 9.17) is 49.5 Å². The van der Waals surface area contributed by atoms with Gasteiger partial charge in [-0.05, 0) is 65.7 Å². The lowest BCUT2D eigenvalue weighted by molar-refractivity contribution is -0.262. The Morgan fingerprint density at radius 3 is 1.96 bits per heavy atom. The largest absolute Gasteiger partial charge is 0.497 e. The van der Waals surface area contributed by atoms with Crippen molar-refractivity contribution < 1.29 is 57.1 Å². The van der Waals surface area contributed by atoms with Crippen LogP contribution < -0.4 is 23.7 Å². The van der Waals surface area contributed by atoms with Crippen LogP contribution in [0.3, 0.4) is 0 Å². The second-order valence-corrected chi connectivity index (χ2v) is 13.5. The number of rotatable bonds is 8. The molecule has 4 aromatic carbocycles. The fourth-order valence-corrected chi connectivity index (χ4v) is 8.13. The Bertz CT molecular complexity index is 2400. The van der Waals surface area contributed by atoms with Crippen molar-refractivity contribution in [2.45, 2.75) is 35.8 Å². The molecule has 2 saturated heterocycles. The number of hydrogen-bond donors (Lipinski definition) is 0. The first kappa shape index (κ1) is 31.9. The van der Waals surface area contributed by atoms with Gasteiger partial charge in [0.05, 0.1) is 30.4 Å². The number of halogens is 1. The summed E-state index contributed by atoms with van der Waals surface area (Å²) in [4.78, 5) is 54.1. The molecule has 10 rings (SSSR count). The molecule has 264 valence electrons. The van der Waals surface area contributed by atoms with Gasteiger partial charge in [0.15, 0.2) is 41.2 Å². The van der Waals surface area contributed by atoms with Gasteiger partial charge in [0, 0.05) is 28.8 Å². The molecule has 0 saturated carbocycles. The molecule has 4 heterocycles. The van der Waals surface area contributed by atoms with E-state index in [1.54, 1.807) is 87.0 Å². The quantitative estimate of drug-likeness (QED) is 0.0996. The molecular weight excluding hydrogens is 708 g/mol. The van der Waals surface area contributed by atoms with E-state index < -0.39 is 59.3 Å². The summed E-state index contributed by atoms with van der Waals surface area (Å²) in [5.74, 6) is -2.66. The number of hydrogen-bond acceptors (Lipinski definition) is 12. The highest BCUT2D eigenvalue weighted by atomic mass is 35.5. The highest BCUT2D eigenvalue weighted by Gasteiger charge is 2.81. The minimum absolute atomic E-state index is 0.0203. The molecule has 4 aromatic rings. The summed E-state index contributed by atoms with van der Waals surface area (Å²) in [5.41, 5.74) is 0.912. The minimum atomic E-state index is -1.66. The monoisotopic (exact) mass is 732 g/mol. The Morgan fingerprint density at radius 1 is 0.736 bits per heavy atom. The molecule has 2 bridgehead atoms. The van der Waals surface area contributed by atoms with Gasteiger partial charge >= 0.3 is 11.9 Å². The fourth-order valence-electron chi connectivity index (χ4n) is 7.89. The second kappa shape index (κ2) is 11.1. The van der Waals surface area contributed by atoms with Gasteiger partial charge in [-0.15, -0.1) is 0 Å². The maximum absolute atomic E-state index is 14.0. The van der Waals surface area contributed by atoms with E-state index in [0.717, 1.165) is 5.56 Å². The third kappa shape index (κ3) is 4.47. The summed E-state index contributed by atoms with van der Waals surface area (Å²) in [6, 6.07) is 18.7. The van der Waals surface area contributed by atoms with Crippen LogP contribution in [0.5, 0.6) is 28.7 Å². The van der Waals surface area contributed by atoms with Crippen molar-refractivity contribution in [3.8, 4) is 28.7 Å². The molecule has 2 aliphatic carbocycles. The van der Waals surface area contributed by atoms with Crippen LogP contribution in [-0.2, 0) is 35.2 Å². The molecule has 2 fully saturated rings. The lowest BCUT2D eigenvalue weighted by Gasteiger charge is -2.43. The van der Waals surface area contributed by atoms with Gasteiger partial charge in [-0.1, -0.05) is 35.9 Å². The Labute approximate surface area is 305 Å².